The fraction of sp³-hybridized carbons (Fsp3) is 0.353. The molecule has 0 bridgehead atoms. The van der Waals surface area contributed by atoms with Crippen molar-refractivity contribution >= 4 is 0 Å². The smallest absolute Gasteiger partial charge is 0.0957 e. The second-order valence-electron chi connectivity index (χ2n) is 5.57. The maximum atomic E-state index is 10.2. The Morgan fingerprint density at radius 3 is 2.48 bits per heavy atom. The van der Waals surface area contributed by atoms with E-state index in [-0.39, 0.29) is 12.0 Å². The first kappa shape index (κ1) is 14.2. The Morgan fingerprint density at radius 1 is 1.05 bits per heavy atom. The number of hydrogen-bond donors (Lipinski definition) is 3. The number of hydrogen-bond acceptors (Lipinski definition) is 4. The molecule has 4 nitrogen and oxygen atoms in total. The quantitative estimate of drug-likeness (QED) is 0.795. The highest BCUT2D eigenvalue weighted by molar-refractivity contribution is 5.23. The lowest BCUT2D eigenvalue weighted by Crippen LogP contribution is -2.41. The predicted octanol–water partition coefficient (Wildman–Crippen LogP) is 1.45. The maximum Gasteiger partial charge on any atom is 0.0957 e. The summed E-state index contributed by atoms with van der Waals surface area (Å²) in [4.78, 5) is 4.03. The highest BCUT2D eigenvalue weighted by Gasteiger charge is 2.41. The molecule has 3 N–H and O–H groups in total. The van der Waals surface area contributed by atoms with Gasteiger partial charge in [0.15, 0.2) is 0 Å². The molecule has 1 aromatic heterocycles. The fourth-order valence-corrected chi connectivity index (χ4v) is 3.07. The van der Waals surface area contributed by atoms with E-state index in [0.29, 0.717) is 13.0 Å². The molecule has 1 aliphatic carbocycles. The van der Waals surface area contributed by atoms with Crippen LogP contribution < -0.4 is 5.32 Å². The van der Waals surface area contributed by atoms with E-state index >= 15 is 0 Å². The van der Waals surface area contributed by atoms with Crippen molar-refractivity contribution in [2.75, 3.05) is 0 Å². The summed E-state index contributed by atoms with van der Waals surface area (Å²) in [5.74, 6) is 0.0988. The number of aliphatic hydroxyl groups is 2. The van der Waals surface area contributed by atoms with Gasteiger partial charge in [-0.05, 0) is 29.7 Å². The zero-order chi connectivity index (χ0) is 14.7. The topological polar surface area (TPSA) is 65.4 Å². The van der Waals surface area contributed by atoms with Gasteiger partial charge in [0.25, 0.3) is 0 Å². The molecule has 1 aromatic carbocycles. The summed E-state index contributed by atoms with van der Waals surface area (Å²) in [5.41, 5.74) is 2.27. The molecule has 21 heavy (non-hydrogen) atoms. The normalized spacial score (nSPS) is 28.7. The molecule has 0 saturated heterocycles. The summed E-state index contributed by atoms with van der Waals surface area (Å²) in [6, 6.07) is 13.8. The van der Waals surface area contributed by atoms with Crippen molar-refractivity contribution in [3.8, 4) is 0 Å². The molecule has 4 heteroatoms. The zero-order valence-electron chi connectivity index (χ0n) is 11.8. The average Bonchev–Trinajstić information content (AvgIpc) is 2.82. The minimum atomic E-state index is -0.744. The first-order valence-corrected chi connectivity index (χ1v) is 7.29. The van der Waals surface area contributed by atoms with Crippen LogP contribution in [0.5, 0.6) is 0 Å². The molecular weight excluding hydrogens is 264 g/mol. The summed E-state index contributed by atoms with van der Waals surface area (Å²) in [5, 5.41) is 23.6. The van der Waals surface area contributed by atoms with E-state index < -0.39 is 12.2 Å². The van der Waals surface area contributed by atoms with E-state index in [4.69, 9.17) is 0 Å². The molecule has 1 fully saturated rings. The SMILES string of the molecule is O[C@H]1[C@H](NCc2ccccc2)[C@@H](c2ccncc2)C[C@H]1O. The molecule has 0 amide bonds. The third-order valence-electron chi connectivity index (χ3n) is 4.21. The van der Waals surface area contributed by atoms with Gasteiger partial charge in [-0.2, -0.15) is 0 Å². The summed E-state index contributed by atoms with van der Waals surface area (Å²) >= 11 is 0. The number of benzene rings is 1. The Balaban J connectivity index is 1.74. The number of aliphatic hydroxyl groups excluding tert-OH is 2. The first-order valence-electron chi connectivity index (χ1n) is 7.29. The molecule has 2 aromatic rings. The molecule has 1 saturated carbocycles. The fourth-order valence-electron chi connectivity index (χ4n) is 3.07. The lowest BCUT2D eigenvalue weighted by molar-refractivity contribution is 0.0297. The number of rotatable bonds is 4. The molecular formula is C17H20N2O2. The van der Waals surface area contributed by atoms with Crippen molar-refractivity contribution in [1.29, 1.82) is 0 Å². The van der Waals surface area contributed by atoms with Gasteiger partial charge in [0.1, 0.15) is 0 Å². The third-order valence-corrected chi connectivity index (χ3v) is 4.21. The van der Waals surface area contributed by atoms with Crippen LogP contribution in [0, 0.1) is 0 Å². The van der Waals surface area contributed by atoms with E-state index in [9.17, 15) is 10.2 Å². The van der Waals surface area contributed by atoms with Crippen molar-refractivity contribution in [3.63, 3.8) is 0 Å². The van der Waals surface area contributed by atoms with Gasteiger partial charge < -0.3 is 15.5 Å². The highest BCUT2D eigenvalue weighted by Crippen LogP contribution is 2.35. The molecule has 0 radical (unpaired) electrons. The molecule has 0 aliphatic heterocycles. The minimum absolute atomic E-state index is 0.0988. The van der Waals surface area contributed by atoms with Crippen molar-refractivity contribution < 1.29 is 10.2 Å². The third kappa shape index (κ3) is 3.13. The number of nitrogens with one attached hydrogen (secondary N) is 1. The lowest BCUT2D eigenvalue weighted by atomic mass is 9.94. The van der Waals surface area contributed by atoms with Gasteiger partial charge in [-0.15, -0.1) is 0 Å². The Kier molecular flexibility index (Phi) is 4.29. The molecule has 1 heterocycles. The number of nitrogens with zero attached hydrogens (tertiary/aromatic N) is 1. The zero-order valence-corrected chi connectivity index (χ0v) is 11.8. The Labute approximate surface area is 124 Å². The molecule has 4 atom stereocenters. The van der Waals surface area contributed by atoms with Crippen LogP contribution in [-0.4, -0.2) is 33.4 Å². The van der Waals surface area contributed by atoms with Crippen molar-refractivity contribution in [1.82, 2.24) is 10.3 Å². The van der Waals surface area contributed by atoms with Crippen LogP contribution in [0.15, 0.2) is 54.9 Å². The Bertz CT molecular complexity index is 562. The lowest BCUT2D eigenvalue weighted by Gasteiger charge is -2.24. The van der Waals surface area contributed by atoms with Gasteiger partial charge in [0.2, 0.25) is 0 Å². The predicted molar refractivity (Wildman–Crippen MR) is 80.7 cm³/mol. The van der Waals surface area contributed by atoms with E-state index in [1.54, 1.807) is 12.4 Å². The monoisotopic (exact) mass is 284 g/mol. The van der Waals surface area contributed by atoms with E-state index in [0.717, 1.165) is 5.56 Å². The van der Waals surface area contributed by atoms with Gasteiger partial charge in [-0.25, -0.2) is 0 Å². The van der Waals surface area contributed by atoms with Crippen LogP contribution in [-0.2, 0) is 6.54 Å². The summed E-state index contributed by atoms with van der Waals surface area (Å²) in [6.07, 6.45) is 2.64. The number of pyridine rings is 1. The van der Waals surface area contributed by atoms with Gasteiger partial charge in [-0.3, -0.25) is 4.98 Å². The standard InChI is InChI=1S/C17H20N2O2/c20-15-10-14(13-6-8-18-9-7-13)16(17(15)21)19-11-12-4-2-1-3-5-12/h1-9,14-17,19-21H,10-11H2/t14-,15-,16-,17-/m1/s1. The van der Waals surface area contributed by atoms with E-state index in [1.807, 2.05) is 42.5 Å². The van der Waals surface area contributed by atoms with Crippen LogP contribution in [0.1, 0.15) is 23.5 Å². The van der Waals surface area contributed by atoms with Crippen LogP contribution in [0.2, 0.25) is 0 Å². The molecule has 0 spiro atoms. The molecule has 1 aliphatic rings. The Morgan fingerprint density at radius 2 is 1.76 bits per heavy atom. The van der Waals surface area contributed by atoms with Gasteiger partial charge in [0, 0.05) is 30.9 Å². The summed E-state index contributed by atoms with van der Waals surface area (Å²) < 4.78 is 0. The second-order valence-corrected chi connectivity index (χ2v) is 5.57. The van der Waals surface area contributed by atoms with Gasteiger partial charge in [-0.1, -0.05) is 30.3 Å². The van der Waals surface area contributed by atoms with Gasteiger partial charge >= 0.3 is 0 Å². The second kappa shape index (κ2) is 6.35. The van der Waals surface area contributed by atoms with Crippen molar-refractivity contribution in [2.45, 2.75) is 37.1 Å². The summed E-state index contributed by atoms with van der Waals surface area (Å²) in [7, 11) is 0. The summed E-state index contributed by atoms with van der Waals surface area (Å²) in [6.45, 7) is 0.677. The van der Waals surface area contributed by atoms with Crippen LogP contribution in [0.4, 0.5) is 0 Å². The molecule has 0 unspecified atom stereocenters. The number of aromatic nitrogens is 1. The van der Waals surface area contributed by atoms with Crippen molar-refractivity contribution in [2.24, 2.45) is 0 Å². The van der Waals surface area contributed by atoms with Crippen LogP contribution >= 0.6 is 0 Å². The first-order chi connectivity index (χ1) is 10.3. The van der Waals surface area contributed by atoms with Gasteiger partial charge in [0.05, 0.1) is 12.2 Å². The van der Waals surface area contributed by atoms with Crippen LogP contribution in [0.3, 0.4) is 0 Å². The van der Waals surface area contributed by atoms with E-state index in [1.165, 1.54) is 5.56 Å². The minimum Gasteiger partial charge on any atom is -0.390 e. The largest absolute Gasteiger partial charge is 0.390 e. The molecule has 110 valence electrons. The average molecular weight is 284 g/mol. The van der Waals surface area contributed by atoms with E-state index in [2.05, 4.69) is 10.3 Å². The Hall–Kier alpha value is -1.75. The molecule has 3 rings (SSSR count). The van der Waals surface area contributed by atoms with Crippen LogP contribution in [0.25, 0.3) is 0 Å². The highest BCUT2D eigenvalue weighted by atomic mass is 16.3. The van der Waals surface area contributed by atoms with Crippen molar-refractivity contribution in [3.05, 3.63) is 66.0 Å². The maximum absolute atomic E-state index is 10.2.